The summed E-state index contributed by atoms with van der Waals surface area (Å²) in [5.74, 6) is 0.590. The molecule has 0 spiro atoms. The van der Waals surface area contributed by atoms with Crippen molar-refractivity contribution in [1.29, 1.82) is 0 Å². The third-order valence-corrected chi connectivity index (χ3v) is 9.22. The molecular formula is C31H24BrCl3N2O5S. The fourth-order valence-electron chi connectivity index (χ4n) is 4.65. The number of carbonyl (C=O) groups excluding carboxylic acids is 1. The van der Waals surface area contributed by atoms with Gasteiger partial charge in [0.2, 0.25) is 0 Å². The fourth-order valence-corrected chi connectivity index (χ4v) is 6.75. The molecule has 0 amide bonds. The quantitative estimate of drug-likeness (QED) is 0.181. The van der Waals surface area contributed by atoms with Crippen molar-refractivity contribution in [1.82, 2.24) is 4.57 Å². The number of esters is 1. The molecule has 1 aliphatic heterocycles. The monoisotopic (exact) mass is 720 g/mol. The summed E-state index contributed by atoms with van der Waals surface area (Å²) in [6.07, 6.45) is 1.71. The molecule has 12 heteroatoms. The second-order valence-electron chi connectivity index (χ2n) is 9.42. The highest BCUT2D eigenvalue weighted by molar-refractivity contribution is 9.10. The van der Waals surface area contributed by atoms with Crippen LogP contribution in [-0.2, 0) is 16.1 Å². The van der Waals surface area contributed by atoms with Crippen molar-refractivity contribution in [2.45, 2.75) is 26.5 Å². The Morgan fingerprint density at radius 3 is 2.53 bits per heavy atom. The number of fused-ring (bicyclic) bond motifs is 1. The van der Waals surface area contributed by atoms with Gasteiger partial charge in [0.1, 0.15) is 18.1 Å². The van der Waals surface area contributed by atoms with E-state index in [-0.39, 0.29) is 24.3 Å². The third-order valence-electron chi connectivity index (χ3n) is 6.65. The topological polar surface area (TPSA) is 79.1 Å². The van der Waals surface area contributed by atoms with Crippen LogP contribution in [-0.4, -0.2) is 24.3 Å². The zero-order valence-corrected chi connectivity index (χ0v) is 27.8. The van der Waals surface area contributed by atoms with Gasteiger partial charge in [0, 0.05) is 10.6 Å². The summed E-state index contributed by atoms with van der Waals surface area (Å²) in [4.78, 5) is 32.3. The molecule has 4 aromatic rings. The van der Waals surface area contributed by atoms with Crippen LogP contribution in [0, 0.1) is 0 Å². The number of benzene rings is 3. The minimum Gasteiger partial charge on any atom is -0.496 e. The number of hydrogen-bond acceptors (Lipinski definition) is 7. The first-order valence-corrected chi connectivity index (χ1v) is 15.7. The molecule has 43 heavy (non-hydrogen) atoms. The highest BCUT2D eigenvalue weighted by atomic mass is 79.9. The molecular weight excluding hydrogens is 699 g/mol. The number of aromatic nitrogens is 1. The van der Waals surface area contributed by atoms with Gasteiger partial charge in [-0.25, -0.2) is 9.79 Å². The number of thiazole rings is 1. The third kappa shape index (κ3) is 6.56. The van der Waals surface area contributed by atoms with Crippen LogP contribution in [0.3, 0.4) is 0 Å². The number of hydrogen-bond donors (Lipinski definition) is 0. The minimum absolute atomic E-state index is 0.179. The van der Waals surface area contributed by atoms with Gasteiger partial charge >= 0.3 is 5.97 Å². The molecule has 2 heterocycles. The van der Waals surface area contributed by atoms with Crippen molar-refractivity contribution < 1.29 is 19.0 Å². The predicted molar refractivity (Wildman–Crippen MR) is 173 cm³/mol. The van der Waals surface area contributed by atoms with Crippen LogP contribution in [0.4, 0.5) is 0 Å². The molecule has 1 aromatic heterocycles. The molecule has 222 valence electrons. The van der Waals surface area contributed by atoms with E-state index in [0.717, 1.165) is 5.56 Å². The SMILES string of the molecule is CCOC(=O)C1=C(C)N=c2s/c(=C\c3cc(Cl)ccc3OCc3ccc(Cl)c(Cl)c3)c(=O)n2[C@H]1c1ccc(OC)c(Br)c1. The molecule has 0 bridgehead atoms. The molecule has 1 aliphatic rings. The summed E-state index contributed by atoms with van der Waals surface area (Å²) < 4.78 is 19.5. The Balaban J connectivity index is 1.62. The first-order chi connectivity index (χ1) is 20.6. The van der Waals surface area contributed by atoms with E-state index in [1.807, 2.05) is 18.2 Å². The van der Waals surface area contributed by atoms with E-state index in [4.69, 9.17) is 49.0 Å². The Hall–Kier alpha value is -3.08. The summed E-state index contributed by atoms with van der Waals surface area (Å²) in [5, 5.41) is 1.35. The number of carbonyl (C=O) groups is 1. The van der Waals surface area contributed by atoms with Crippen molar-refractivity contribution in [3.63, 3.8) is 0 Å². The predicted octanol–water partition coefficient (Wildman–Crippen LogP) is 7.11. The highest BCUT2D eigenvalue weighted by Gasteiger charge is 2.33. The van der Waals surface area contributed by atoms with E-state index in [1.165, 1.54) is 15.9 Å². The van der Waals surface area contributed by atoms with Crippen molar-refractivity contribution >= 4 is 74.1 Å². The van der Waals surface area contributed by atoms with Crippen LogP contribution in [0.25, 0.3) is 6.08 Å². The van der Waals surface area contributed by atoms with Gasteiger partial charge in [0.05, 0.1) is 50.1 Å². The molecule has 0 fully saturated rings. The standard InChI is InChI=1S/C31H24BrCl3N2O5S/c1-4-41-30(39)27-16(2)36-31-37(28(27)18-6-9-25(40-3)21(32)13-18)29(38)26(43-31)14-19-12-20(33)7-10-24(19)42-15-17-5-8-22(34)23(35)11-17/h5-14,28H,4,15H2,1-3H3/b26-14-/t28-/m0/s1. The highest BCUT2D eigenvalue weighted by Crippen LogP contribution is 2.35. The maximum Gasteiger partial charge on any atom is 0.338 e. The number of ether oxygens (including phenoxy) is 3. The van der Waals surface area contributed by atoms with Crippen LogP contribution in [0.2, 0.25) is 15.1 Å². The number of halogens is 4. The second-order valence-corrected chi connectivity index (χ2v) is 12.5. The molecule has 3 aromatic carbocycles. The van der Waals surface area contributed by atoms with E-state index < -0.39 is 12.0 Å². The van der Waals surface area contributed by atoms with Crippen molar-refractivity contribution in [3.05, 3.63) is 122 Å². The van der Waals surface area contributed by atoms with Crippen LogP contribution < -0.4 is 24.4 Å². The van der Waals surface area contributed by atoms with Crippen LogP contribution in [0.15, 0.2) is 80.1 Å². The average Bonchev–Trinajstić information content (AvgIpc) is 3.27. The Kier molecular flexibility index (Phi) is 9.68. The van der Waals surface area contributed by atoms with Gasteiger partial charge in [-0.05, 0) is 89.4 Å². The van der Waals surface area contributed by atoms with Crippen LogP contribution in [0.1, 0.15) is 36.6 Å². The van der Waals surface area contributed by atoms with Crippen molar-refractivity contribution in [2.75, 3.05) is 13.7 Å². The molecule has 0 saturated heterocycles. The van der Waals surface area contributed by atoms with Crippen molar-refractivity contribution in [2.24, 2.45) is 4.99 Å². The van der Waals surface area contributed by atoms with E-state index in [0.29, 0.717) is 57.2 Å². The largest absolute Gasteiger partial charge is 0.496 e. The van der Waals surface area contributed by atoms with Gasteiger partial charge in [0.25, 0.3) is 5.56 Å². The molecule has 7 nitrogen and oxygen atoms in total. The average molecular weight is 723 g/mol. The van der Waals surface area contributed by atoms with Crippen LogP contribution >= 0.6 is 62.1 Å². The van der Waals surface area contributed by atoms with Gasteiger partial charge < -0.3 is 14.2 Å². The molecule has 5 rings (SSSR count). The molecule has 0 aliphatic carbocycles. The Morgan fingerprint density at radius 1 is 1.07 bits per heavy atom. The summed E-state index contributed by atoms with van der Waals surface area (Å²) in [7, 11) is 1.56. The first kappa shape index (κ1) is 31.3. The van der Waals surface area contributed by atoms with Gasteiger partial charge in [0.15, 0.2) is 4.80 Å². The molecule has 0 unspecified atom stereocenters. The zero-order chi connectivity index (χ0) is 30.8. The Bertz CT molecular complexity index is 1950. The number of allylic oxidation sites excluding steroid dienone is 1. The lowest BCUT2D eigenvalue weighted by molar-refractivity contribution is -0.139. The number of rotatable bonds is 8. The first-order valence-electron chi connectivity index (χ1n) is 13.0. The molecule has 0 N–H and O–H groups in total. The smallest absolute Gasteiger partial charge is 0.338 e. The second kappa shape index (κ2) is 13.3. The van der Waals surface area contributed by atoms with E-state index in [1.54, 1.807) is 63.4 Å². The van der Waals surface area contributed by atoms with E-state index in [2.05, 4.69) is 20.9 Å². The summed E-state index contributed by atoms with van der Waals surface area (Å²) in [6.45, 7) is 3.86. The molecule has 0 radical (unpaired) electrons. The maximum absolute atomic E-state index is 14.1. The molecule has 0 saturated carbocycles. The van der Waals surface area contributed by atoms with Crippen LogP contribution in [0.5, 0.6) is 11.5 Å². The van der Waals surface area contributed by atoms with Crippen molar-refractivity contribution in [3.8, 4) is 11.5 Å². The van der Waals surface area contributed by atoms with E-state index >= 15 is 0 Å². The van der Waals surface area contributed by atoms with Gasteiger partial charge in [-0.1, -0.05) is 58.3 Å². The zero-order valence-electron chi connectivity index (χ0n) is 23.1. The minimum atomic E-state index is -0.774. The number of nitrogens with zero attached hydrogens (tertiary/aromatic N) is 2. The van der Waals surface area contributed by atoms with E-state index in [9.17, 15) is 9.59 Å². The maximum atomic E-state index is 14.1. The normalized spacial score (nSPS) is 14.8. The lowest BCUT2D eigenvalue weighted by Crippen LogP contribution is -2.40. The summed E-state index contributed by atoms with van der Waals surface area (Å²) in [5.41, 5.74) is 2.53. The lowest BCUT2D eigenvalue weighted by Gasteiger charge is -2.25. The van der Waals surface area contributed by atoms with Gasteiger partial charge in [-0.3, -0.25) is 9.36 Å². The Labute approximate surface area is 274 Å². The van der Waals surface area contributed by atoms with Gasteiger partial charge in [-0.15, -0.1) is 0 Å². The molecule has 1 atom stereocenters. The summed E-state index contributed by atoms with van der Waals surface area (Å²) in [6, 6.07) is 15.1. The Morgan fingerprint density at radius 2 is 1.84 bits per heavy atom. The lowest BCUT2D eigenvalue weighted by atomic mass is 9.96. The van der Waals surface area contributed by atoms with Gasteiger partial charge in [-0.2, -0.15) is 0 Å². The fraction of sp³-hybridized carbons (Fsp3) is 0.194. The number of methoxy groups -OCH3 is 1. The summed E-state index contributed by atoms with van der Waals surface area (Å²) >= 11 is 23.3.